The van der Waals surface area contributed by atoms with E-state index in [1.54, 1.807) is 0 Å². The fourth-order valence-electron chi connectivity index (χ4n) is 2.81. The summed E-state index contributed by atoms with van der Waals surface area (Å²) < 4.78 is 2.03. The zero-order valence-electron chi connectivity index (χ0n) is 10.4. The summed E-state index contributed by atoms with van der Waals surface area (Å²) in [6.45, 7) is 3.28. The van der Waals surface area contributed by atoms with E-state index in [2.05, 4.69) is 11.4 Å². The Morgan fingerprint density at radius 3 is 2.71 bits per heavy atom. The second kappa shape index (κ2) is 4.69. The molecule has 0 atom stereocenters. The van der Waals surface area contributed by atoms with Gasteiger partial charge < -0.3 is 11.1 Å². The molecule has 94 valence electrons. The summed E-state index contributed by atoms with van der Waals surface area (Å²) in [6, 6.07) is 2.09. The molecule has 3 N–H and O–H groups in total. The molecule has 0 bridgehead atoms. The third-order valence-corrected chi connectivity index (χ3v) is 4.24. The van der Waals surface area contributed by atoms with Crippen LogP contribution in [0.2, 0.25) is 0 Å². The van der Waals surface area contributed by atoms with Crippen LogP contribution in [-0.2, 0) is 6.54 Å². The molecule has 17 heavy (non-hydrogen) atoms. The highest BCUT2D eigenvalue weighted by Gasteiger charge is 2.23. The van der Waals surface area contributed by atoms with Gasteiger partial charge in [0.25, 0.3) is 0 Å². The number of nitrogens with zero attached hydrogens (tertiary/aromatic N) is 2. The van der Waals surface area contributed by atoms with Crippen molar-refractivity contribution in [3.05, 3.63) is 11.8 Å². The maximum absolute atomic E-state index is 6.06. The van der Waals surface area contributed by atoms with Crippen molar-refractivity contribution in [2.24, 2.45) is 5.92 Å². The minimum Gasteiger partial charge on any atom is -0.384 e. The van der Waals surface area contributed by atoms with E-state index in [-0.39, 0.29) is 0 Å². The van der Waals surface area contributed by atoms with Crippen LogP contribution in [0.5, 0.6) is 0 Å². The maximum Gasteiger partial charge on any atom is 0.121 e. The monoisotopic (exact) mass is 234 g/mol. The van der Waals surface area contributed by atoms with Crippen molar-refractivity contribution in [2.45, 2.75) is 44.6 Å². The first kappa shape index (κ1) is 11.1. The minimum atomic E-state index is 0.687. The summed E-state index contributed by atoms with van der Waals surface area (Å²) in [5, 5.41) is 8.09. The van der Waals surface area contributed by atoms with E-state index in [1.807, 2.05) is 4.68 Å². The van der Waals surface area contributed by atoms with Gasteiger partial charge in [-0.15, -0.1) is 0 Å². The fraction of sp³-hybridized carbons (Fsp3) is 0.769. The Morgan fingerprint density at radius 1 is 1.29 bits per heavy atom. The van der Waals surface area contributed by atoms with Crippen LogP contribution in [0.4, 0.5) is 5.82 Å². The highest BCUT2D eigenvalue weighted by Crippen LogP contribution is 2.36. The molecule has 0 spiro atoms. The lowest BCUT2D eigenvalue weighted by Gasteiger charge is -2.24. The number of hydrogen-bond acceptors (Lipinski definition) is 3. The van der Waals surface area contributed by atoms with Crippen LogP contribution in [0.25, 0.3) is 0 Å². The standard InChI is InChI=1S/C13H22N4/c14-13-8-12(11-2-1-3-11)16-17(13)9-10-4-6-15-7-5-10/h8,10-11,15H,1-7,9,14H2. The number of nitrogens with two attached hydrogens (primary N) is 1. The molecular weight excluding hydrogens is 212 g/mol. The van der Waals surface area contributed by atoms with Gasteiger partial charge in [0.05, 0.1) is 5.69 Å². The summed E-state index contributed by atoms with van der Waals surface area (Å²) >= 11 is 0. The topological polar surface area (TPSA) is 55.9 Å². The number of anilines is 1. The second-order valence-corrected chi connectivity index (χ2v) is 5.50. The van der Waals surface area contributed by atoms with E-state index in [4.69, 9.17) is 10.8 Å². The SMILES string of the molecule is Nc1cc(C2CCC2)nn1CC1CCNCC1. The predicted molar refractivity (Wildman–Crippen MR) is 68.8 cm³/mol. The number of nitrogens with one attached hydrogen (secondary N) is 1. The van der Waals surface area contributed by atoms with E-state index in [1.165, 1.54) is 37.8 Å². The van der Waals surface area contributed by atoms with Gasteiger partial charge in [-0.05, 0) is 44.7 Å². The Balaban J connectivity index is 1.66. The fourth-order valence-corrected chi connectivity index (χ4v) is 2.81. The van der Waals surface area contributed by atoms with Crippen molar-refractivity contribution in [3.8, 4) is 0 Å². The van der Waals surface area contributed by atoms with Gasteiger partial charge in [-0.1, -0.05) is 6.42 Å². The molecule has 2 aliphatic rings. The zero-order valence-corrected chi connectivity index (χ0v) is 10.4. The highest BCUT2D eigenvalue weighted by molar-refractivity contribution is 5.33. The van der Waals surface area contributed by atoms with E-state index in [0.29, 0.717) is 5.92 Å². The number of nitrogen functional groups attached to an aromatic ring is 1. The van der Waals surface area contributed by atoms with Gasteiger partial charge in [0.15, 0.2) is 0 Å². The third-order valence-electron chi connectivity index (χ3n) is 4.24. The van der Waals surface area contributed by atoms with Crippen molar-refractivity contribution in [1.82, 2.24) is 15.1 Å². The Hall–Kier alpha value is -1.03. The Morgan fingerprint density at radius 2 is 2.06 bits per heavy atom. The molecule has 1 aliphatic heterocycles. The molecule has 1 saturated heterocycles. The summed E-state index contributed by atoms with van der Waals surface area (Å²) in [6.07, 6.45) is 6.44. The molecule has 0 radical (unpaired) electrons. The molecule has 3 rings (SSSR count). The first-order valence-electron chi connectivity index (χ1n) is 6.87. The molecule has 4 heteroatoms. The van der Waals surface area contributed by atoms with Crippen LogP contribution in [-0.4, -0.2) is 22.9 Å². The lowest BCUT2D eigenvalue weighted by Crippen LogP contribution is -2.30. The van der Waals surface area contributed by atoms with Crippen molar-refractivity contribution in [2.75, 3.05) is 18.8 Å². The molecule has 1 aromatic rings. The van der Waals surface area contributed by atoms with Crippen LogP contribution >= 0.6 is 0 Å². The van der Waals surface area contributed by atoms with Gasteiger partial charge in [0.1, 0.15) is 5.82 Å². The van der Waals surface area contributed by atoms with Gasteiger partial charge in [0.2, 0.25) is 0 Å². The zero-order chi connectivity index (χ0) is 11.7. The molecule has 2 fully saturated rings. The summed E-state index contributed by atoms with van der Waals surface area (Å²) in [5.74, 6) is 2.28. The van der Waals surface area contributed by atoms with Gasteiger partial charge >= 0.3 is 0 Å². The maximum atomic E-state index is 6.06. The molecule has 1 aliphatic carbocycles. The average molecular weight is 234 g/mol. The summed E-state index contributed by atoms with van der Waals surface area (Å²) in [5.41, 5.74) is 7.28. The Bertz CT molecular complexity index is 375. The molecule has 0 unspecified atom stereocenters. The number of hydrogen-bond donors (Lipinski definition) is 2. The minimum absolute atomic E-state index is 0.687. The second-order valence-electron chi connectivity index (χ2n) is 5.50. The van der Waals surface area contributed by atoms with Crippen LogP contribution in [0, 0.1) is 5.92 Å². The number of rotatable bonds is 3. The lowest BCUT2D eigenvalue weighted by molar-refractivity contribution is 0.319. The molecule has 4 nitrogen and oxygen atoms in total. The van der Waals surface area contributed by atoms with Crippen LogP contribution in [0.1, 0.15) is 43.7 Å². The average Bonchev–Trinajstić information content (AvgIpc) is 2.59. The van der Waals surface area contributed by atoms with Crippen LogP contribution in [0.3, 0.4) is 0 Å². The molecule has 2 heterocycles. The van der Waals surface area contributed by atoms with E-state index in [0.717, 1.165) is 31.4 Å². The molecule has 0 aromatic carbocycles. The van der Waals surface area contributed by atoms with E-state index < -0.39 is 0 Å². The van der Waals surface area contributed by atoms with E-state index >= 15 is 0 Å². The first-order chi connectivity index (χ1) is 8.33. The van der Waals surface area contributed by atoms with Crippen molar-refractivity contribution in [1.29, 1.82) is 0 Å². The Labute approximate surface area is 103 Å². The summed E-state index contributed by atoms with van der Waals surface area (Å²) in [7, 11) is 0. The lowest BCUT2D eigenvalue weighted by atomic mass is 9.83. The highest BCUT2D eigenvalue weighted by atomic mass is 15.3. The van der Waals surface area contributed by atoms with Crippen LogP contribution in [0.15, 0.2) is 6.07 Å². The van der Waals surface area contributed by atoms with Crippen LogP contribution < -0.4 is 11.1 Å². The molecule has 0 amide bonds. The number of piperidine rings is 1. The smallest absolute Gasteiger partial charge is 0.121 e. The van der Waals surface area contributed by atoms with Crippen molar-refractivity contribution >= 4 is 5.82 Å². The largest absolute Gasteiger partial charge is 0.384 e. The molecular formula is C13H22N4. The quantitative estimate of drug-likeness (QED) is 0.837. The normalized spacial score (nSPS) is 22.6. The number of aromatic nitrogens is 2. The Kier molecular flexibility index (Phi) is 3.05. The molecule has 1 saturated carbocycles. The predicted octanol–water partition coefficient (Wildman–Crippen LogP) is 1.73. The summed E-state index contributed by atoms with van der Waals surface area (Å²) in [4.78, 5) is 0. The van der Waals surface area contributed by atoms with Gasteiger partial charge in [-0.3, -0.25) is 0 Å². The van der Waals surface area contributed by atoms with E-state index in [9.17, 15) is 0 Å². The van der Waals surface area contributed by atoms with Gasteiger partial charge in [-0.2, -0.15) is 5.10 Å². The van der Waals surface area contributed by atoms with Crippen molar-refractivity contribution < 1.29 is 0 Å². The molecule has 1 aromatic heterocycles. The van der Waals surface area contributed by atoms with Gasteiger partial charge in [0, 0.05) is 18.5 Å². The van der Waals surface area contributed by atoms with Gasteiger partial charge in [-0.25, -0.2) is 4.68 Å². The third kappa shape index (κ3) is 2.32. The first-order valence-corrected chi connectivity index (χ1v) is 6.87. The van der Waals surface area contributed by atoms with Crippen molar-refractivity contribution in [3.63, 3.8) is 0 Å².